The van der Waals surface area contributed by atoms with Gasteiger partial charge in [0, 0.05) is 26.9 Å². The molecule has 0 spiro atoms. The molecule has 0 atom stereocenters. The van der Waals surface area contributed by atoms with Crippen LogP contribution in [-0.2, 0) is 4.79 Å². The van der Waals surface area contributed by atoms with Crippen LogP contribution in [0.15, 0.2) is 83.1 Å². The van der Waals surface area contributed by atoms with Gasteiger partial charge < -0.3 is 0 Å². The number of benzene rings is 3. The molecule has 10 heteroatoms. The van der Waals surface area contributed by atoms with Crippen molar-refractivity contribution in [3.8, 4) is 17.1 Å². The number of rotatable bonds is 7. The molecule has 0 fully saturated rings. The number of hydrogen-bond donors (Lipinski definition) is 1. The summed E-state index contributed by atoms with van der Waals surface area (Å²) in [7, 11) is 0. The van der Waals surface area contributed by atoms with Gasteiger partial charge in [0.25, 0.3) is 5.91 Å². The zero-order valence-electron chi connectivity index (χ0n) is 17.9. The van der Waals surface area contributed by atoms with E-state index >= 15 is 0 Å². The summed E-state index contributed by atoms with van der Waals surface area (Å²) in [6.07, 6.45) is 0. The van der Waals surface area contributed by atoms with Gasteiger partial charge in [-0.05, 0) is 55.5 Å². The van der Waals surface area contributed by atoms with Crippen LogP contribution >= 0.6 is 46.6 Å². The Balaban J connectivity index is 1.51. The van der Waals surface area contributed by atoms with E-state index in [4.69, 9.17) is 34.8 Å². The highest BCUT2D eigenvalue weighted by molar-refractivity contribution is 7.99. The van der Waals surface area contributed by atoms with Gasteiger partial charge in [-0.25, -0.2) is 5.43 Å². The standard InChI is InChI=1S/C24H18Cl3N5OS/c1-15(20-12-11-18(26)13-21(20)27)28-29-22(33)14-34-24-31-30-23(16-7-9-17(25)10-8-16)32(24)19-5-3-2-4-6-19/h2-13H,14H2,1H3,(H,29,33)/b28-15+. The maximum absolute atomic E-state index is 12.5. The summed E-state index contributed by atoms with van der Waals surface area (Å²) in [6.45, 7) is 1.76. The minimum atomic E-state index is -0.287. The molecule has 0 aliphatic heterocycles. The third-order valence-electron chi connectivity index (χ3n) is 4.75. The molecular formula is C24H18Cl3N5OS. The number of hydrazone groups is 1. The average Bonchev–Trinajstić information content (AvgIpc) is 3.26. The number of thioether (sulfide) groups is 1. The topological polar surface area (TPSA) is 72.2 Å². The van der Waals surface area contributed by atoms with Crippen LogP contribution in [0.3, 0.4) is 0 Å². The Labute approximate surface area is 215 Å². The summed E-state index contributed by atoms with van der Waals surface area (Å²) in [5.74, 6) is 0.457. The first-order chi connectivity index (χ1) is 16.4. The number of halogens is 3. The normalized spacial score (nSPS) is 11.5. The molecule has 0 saturated heterocycles. The molecule has 0 aliphatic rings. The lowest BCUT2D eigenvalue weighted by Gasteiger charge is -2.10. The average molecular weight is 531 g/mol. The number of carbonyl (C=O) groups is 1. The van der Waals surface area contributed by atoms with Gasteiger partial charge in [-0.2, -0.15) is 5.10 Å². The van der Waals surface area contributed by atoms with E-state index in [-0.39, 0.29) is 11.7 Å². The van der Waals surface area contributed by atoms with Crippen LogP contribution in [0.1, 0.15) is 12.5 Å². The Morgan fingerprint density at radius 2 is 1.68 bits per heavy atom. The van der Waals surface area contributed by atoms with Gasteiger partial charge in [0.2, 0.25) is 0 Å². The molecule has 0 unspecified atom stereocenters. The zero-order valence-corrected chi connectivity index (χ0v) is 21.0. The first kappa shape index (κ1) is 24.3. The fraction of sp³-hybridized carbons (Fsp3) is 0.0833. The second-order valence-electron chi connectivity index (χ2n) is 7.13. The second kappa shape index (κ2) is 11.1. The molecule has 0 bridgehead atoms. The van der Waals surface area contributed by atoms with E-state index in [1.165, 1.54) is 11.8 Å². The first-order valence-electron chi connectivity index (χ1n) is 10.1. The summed E-state index contributed by atoms with van der Waals surface area (Å²) in [5, 5.41) is 15.1. The van der Waals surface area contributed by atoms with Crippen LogP contribution in [0.25, 0.3) is 17.1 Å². The first-order valence-corrected chi connectivity index (χ1v) is 12.2. The fourth-order valence-corrected chi connectivity index (χ4v) is 4.53. The van der Waals surface area contributed by atoms with E-state index in [1.807, 2.05) is 47.0 Å². The SMILES string of the molecule is C/C(=N\NC(=O)CSc1nnc(-c2ccc(Cl)cc2)n1-c1ccccc1)c1ccc(Cl)cc1Cl. The Kier molecular flexibility index (Phi) is 7.90. The van der Waals surface area contributed by atoms with Crippen molar-refractivity contribution >= 4 is 58.2 Å². The van der Waals surface area contributed by atoms with Gasteiger partial charge >= 0.3 is 0 Å². The van der Waals surface area contributed by atoms with Crippen LogP contribution in [0.4, 0.5) is 0 Å². The summed E-state index contributed by atoms with van der Waals surface area (Å²) < 4.78 is 1.91. The van der Waals surface area contributed by atoms with Gasteiger partial charge in [-0.1, -0.05) is 70.8 Å². The second-order valence-corrected chi connectivity index (χ2v) is 9.35. The Morgan fingerprint density at radius 1 is 0.971 bits per heavy atom. The summed E-state index contributed by atoms with van der Waals surface area (Å²) >= 11 is 19.4. The Hall–Kier alpha value is -2.84. The van der Waals surface area contributed by atoms with Crippen LogP contribution in [-0.4, -0.2) is 32.1 Å². The zero-order chi connectivity index (χ0) is 24.1. The number of nitrogens with one attached hydrogen (secondary N) is 1. The highest BCUT2D eigenvalue weighted by Gasteiger charge is 2.17. The molecule has 0 aliphatic carbocycles. The Bertz CT molecular complexity index is 1340. The van der Waals surface area contributed by atoms with Gasteiger partial charge in [0.15, 0.2) is 11.0 Å². The lowest BCUT2D eigenvalue weighted by atomic mass is 10.1. The predicted octanol–water partition coefficient (Wildman–Crippen LogP) is 6.53. The van der Waals surface area contributed by atoms with Crippen molar-refractivity contribution in [2.75, 3.05) is 5.75 Å². The molecule has 0 radical (unpaired) electrons. The molecule has 34 heavy (non-hydrogen) atoms. The molecule has 4 rings (SSSR count). The predicted molar refractivity (Wildman–Crippen MR) is 139 cm³/mol. The molecule has 6 nitrogen and oxygen atoms in total. The third-order valence-corrected chi connectivity index (χ3v) is 6.48. The van der Waals surface area contributed by atoms with Gasteiger partial charge in [0.1, 0.15) is 0 Å². The molecule has 1 aromatic heterocycles. The number of para-hydroxylation sites is 1. The minimum absolute atomic E-state index is 0.0940. The number of hydrogen-bond acceptors (Lipinski definition) is 5. The van der Waals surface area contributed by atoms with Crippen LogP contribution in [0.5, 0.6) is 0 Å². The van der Waals surface area contributed by atoms with Gasteiger partial charge in [0.05, 0.1) is 16.5 Å². The number of amides is 1. The summed E-state index contributed by atoms with van der Waals surface area (Å²) in [4.78, 5) is 12.5. The van der Waals surface area contributed by atoms with E-state index in [2.05, 4.69) is 20.7 Å². The molecule has 1 amide bonds. The smallest absolute Gasteiger partial charge is 0.250 e. The quantitative estimate of drug-likeness (QED) is 0.168. The monoisotopic (exact) mass is 529 g/mol. The van der Waals surface area contributed by atoms with E-state index < -0.39 is 0 Å². The molecule has 3 aromatic carbocycles. The lowest BCUT2D eigenvalue weighted by molar-refractivity contribution is -0.118. The molecular weight excluding hydrogens is 513 g/mol. The largest absolute Gasteiger partial charge is 0.272 e. The molecule has 172 valence electrons. The number of carbonyl (C=O) groups excluding carboxylic acids is 1. The highest BCUT2D eigenvalue weighted by Crippen LogP contribution is 2.28. The lowest BCUT2D eigenvalue weighted by Crippen LogP contribution is -2.21. The van der Waals surface area contributed by atoms with Crippen molar-refractivity contribution in [2.24, 2.45) is 5.10 Å². The van der Waals surface area contributed by atoms with Gasteiger partial charge in [-0.3, -0.25) is 9.36 Å². The van der Waals surface area contributed by atoms with Crippen molar-refractivity contribution < 1.29 is 4.79 Å². The molecule has 0 saturated carbocycles. The van der Waals surface area contributed by atoms with E-state index in [0.717, 1.165) is 11.3 Å². The van der Waals surface area contributed by atoms with Crippen LogP contribution in [0.2, 0.25) is 15.1 Å². The van der Waals surface area contributed by atoms with Crippen molar-refractivity contribution in [3.63, 3.8) is 0 Å². The maximum atomic E-state index is 12.5. The summed E-state index contributed by atoms with van der Waals surface area (Å²) in [5.41, 5.74) is 5.56. The van der Waals surface area contributed by atoms with E-state index in [1.54, 1.807) is 37.3 Å². The van der Waals surface area contributed by atoms with Crippen molar-refractivity contribution in [1.29, 1.82) is 0 Å². The highest BCUT2D eigenvalue weighted by atomic mass is 35.5. The van der Waals surface area contributed by atoms with Crippen molar-refractivity contribution in [2.45, 2.75) is 12.1 Å². The molecule has 1 N–H and O–H groups in total. The molecule has 1 heterocycles. The van der Waals surface area contributed by atoms with Gasteiger partial charge in [-0.15, -0.1) is 10.2 Å². The summed E-state index contributed by atoms with van der Waals surface area (Å²) in [6, 6.07) is 22.2. The Morgan fingerprint density at radius 3 is 2.38 bits per heavy atom. The molecule has 4 aromatic rings. The van der Waals surface area contributed by atoms with E-state index in [0.29, 0.717) is 37.3 Å². The van der Waals surface area contributed by atoms with Crippen LogP contribution in [0, 0.1) is 0 Å². The van der Waals surface area contributed by atoms with Crippen molar-refractivity contribution in [3.05, 3.63) is 93.4 Å². The fourth-order valence-electron chi connectivity index (χ4n) is 3.11. The maximum Gasteiger partial charge on any atom is 0.250 e. The minimum Gasteiger partial charge on any atom is -0.272 e. The van der Waals surface area contributed by atoms with E-state index in [9.17, 15) is 4.79 Å². The third kappa shape index (κ3) is 5.80. The van der Waals surface area contributed by atoms with Crippen molar-refractivity contribution in [1.82, 2.24) is 20.2 Å². The number of nitrogens with zero attached hydrogens (tertiary/aromatic N) is 4. The number of aromatic nitrogens is 3. The van der Waals surface area contributed by atoms with Crippen LogP contribution < -0.4 is 5.43 Å².